The van der Waals surface area contributed by atoms with Crippen molar-refractivity contribution in [2.45, 2.75) is 56.5 Å². The number of furan rings is 1. The summed E-state index contributed by atoms with van der Waals surface area (Å²) in [6.07, 6.45) is -1.94. The van der Waals surface area contributed by atoms with Crippen LogP contribution >= 0.6 is 0 Å². The molecule has 3 fully saturated rings. The van der Waals surface area contributed by atoms with Crippen LogP contribution in [0.5, 0.6) is 5.75 Å². The Balaban J connectivity index is 1.29. The molecular weight excluding hydrogens is 537 g/mol. The van der Waals surface area contributed by atoms with Crippen LogP contribution in [0.2, 0.25) is 0 Å². The van der Waals surface area contributed by atoms with Gasteiger partial charge in [-0.3, -0.25) is 9.59 Å². The van der Waals surface area contributed by atoms with Gasteiger partial charge in [0, 0.05) is 32.7 Å². The van der Waals surface area contributed by atoms with Crippen molar-refractivity contribution in [3.05, 3.63) is 30.0 Å². The van der Waals surface area contributed by atoms with Gasteiger partial charge in [0.05, 0.1) is 13.2 Å². The molecule has 1 N–H and O–H groups in total. The van der Waals surface area contributed by atoms with E-state index < -0.39 is 42.0 Å². The minimum absolute atomic E-state index is 0.00381. The predicted octanol–water partition coefficient (Wildman–Crippen LogP) is 2.22. The van der Waals surface area contributed by atoms with Gasteiger partial charge in [0.25, 0.3) is 5.91 Å². The summed E-state index contributed by atoms with van der Waals surface area (Å²) >= 11 is 0. The van der Waals surface area contributed by atoms with Gasteiger partial charge in [-0.2, -0.15) is 0 Å². The second kappa shape index (κ2) is 12.2. The fourth-order valence-corrected chi connectivity index (χ4v) is 5.93. The van der Waals surface area contributed by atoms with Crippen molar-refractivity contribution in [2.24, 2.45) is 5.92 Å². The van der Waals surface area contributed by atoms with Crippen LogP contribution in [0.4, 0.5) is 4.39 Å². The lowest BCUT2D eigenvalue weighted by molar-refractivity contribution is -0.227. The van der Waals surface area contributed by atoms with Crippen LogP contribution < -0.4 is 10.1 Å². The number of nitrogens with zero attached hydrogens (tertiary/aromatic N) is 2. The van der Waals surface area contributed by atoms with E-state index in [1.807, 2.05) is 20.9 Å². The second-order valence-corrected chi connectivity index (χ2v) is 11.5. The van der Waals surface area contributed by atoms with Crippen LogP contribution in [-0.2, 0) is 23.7 Å². The van der Waals surface area contributed by atoms with Gasteiger partial charge in [0.1, 0.15) is 55.0 Å². The zero-order chi connectivity index (χ0) is 29.3. The Kier molecular flexibility index (Phi) is 8.86. The SMILES string of the molecule is COC1(OC)COC2C1N(C(=O)C(CC(C)C)NC(=O)c1cc3cc(OCC4CN(C)CCO4)ccc3o1)C[C@H]2F. The molecule has 1 aromatic carbocycles. The van der Waals surface area contributed by atoms with Gasteiger partial charge in [-0.05, 0) is 43.7 Å². The minimum Gasteiger partial charge on any atom is -0.491 e. The molecule has 4 unspecified atom stereocenters. The lowest BCUT2D eigenvalue weighted by Crippen LogP contribution is -2.58. The summed E-state index contributed by atoms with van der Waals surface area (Å²) < 4.78 is 49.2. The molecule has 0 spiro atoms. The highest BCUT2D eigenvalue weighted by Crippen LogP contribution is 2.40. The van der Waals surface area contributed by atoms with Crippen molar-refractivity contribution in [1.29, 1.82) is 0 Å². The van der Waals surface area contributed by atoms with Gasteiger partial charge >= 0.3 is 0 Å². The standard InChI is InChI=1S/C29H40FN3O8/c1-17(2)10-22(28(35)33-14-21(30)25-26(33)29(36-4,37-5)16-40-25)31-27(34)24-12-18-11-19(6-7-23(18)41-24)39-15-20-13-32(3)8-9-38-20/h6-7,11-12,17,20-22,25-26H,8-10,13-16H2,1-5H3,(H,31,34)/t20?,21-,22?,25?,26?/m1/s1. The van der Waals surface area contributed by atoms with Crippen LogP contribution in [0.25, 0.3) is 11.0 Å². The topological polar surface area (TPSA) is 112 Å². The van der Waals surface area contributed by atoms with E-state index in [1.165, 1.54) is 19.1 Å². The highest BCUT2D eigenvalue weighted by atomic mass is 19.1. The Morgan fingerprint density at radius 1 is 1.17 bits per heavy atom. The molecule has 4 heterocycles. The molecule has 3 saturated heterocycles. The number of hydrogen-bond donors (Lipinski definition) is 1. The maximum atomic E-state index is 14.9. The number of fused-ring (bicyclic) bond motifs is 2. The molecular formula is C29H40FN3O8. The molecule has 0 radical (unpaired) electrons. The number of likely N-dealkylation sites (N-methyl/N-ethyl adjacent to an activating group) is 1. The van der Waals surface area contributed by atoms with Gasteiger partial charge in [-0.1, -0.05) is 13.8 Å². The molecule has 2 aromatic rings. The number of ether oxygens (including phenoxy) is 5. The summed E-state index contributed by atoms with van der Waals surface area (Å²) in [5, 5.41) is 3.52. The Bertz CT molecular complexity index is 1230. The Morgan fingerprint density at radius 2 is 1.95 bits per heavy atom. The summed E-state index contributed by atoms with van der Waals surface area (Å²) in [5.41, 5.74) is 0.513. The summed E-state index contributed by atoms with van der Waals surface area (Å²) in [7, 11) is 4.93. The fourth-order valence-electron chi connectivity index (χ4n) is 5.93. The highest BCUT2D eigenvalue weighted by Gasteiger charge is 2.62. The van der Waals surface area contributed by atoms with E-state index in [-0.39, 0.29) is 30.9 Å². The molecule has 2 amide bonds. The van der Waals surface area contributed by atoms with Crippen molar-refractivity contribution >= 4 is 22.8 Å². The molecule has 5 rings (SSSR count). The third-order valence-corrected chi connectivity index (χ3v) is 8.08. The monoisotopic (exact) mass is 577 g/mol. The van der Waals surface area contributed by atoms with E-state index in [0.29, 0.717) is 36.4 Å². The maximum Gasteiger partial charge on any atom is 0.287 e. The molecule has 1 aromatic heterocycles. The number of nitrogens with one attached hydrogen (secondary N) is 1. The zero-order valence-electron chi connectivity index (χ0n) is 24.3. The molecule has 41 heavy (non-hydrogen) atoms. The van der Waals surface area contributed by atoms with Crippen molar-refractivity contribution in [2.75, 3.05) is 60.7 Å². The number of methoxy groups -OCH3 is 2. The van der Waals surface area contributed by atoms with Gasteiger partial charge in [-0.25, -0.2) is 4.39 Å². The lowest BCUT2D eigenvalue weighted by Gasteiger charge is -2.37. The Morgan fingerprint density at radius 3 is 2.66 bits per heavy atom. The van der Waals surface area contributed by atoms with Crippen LogP contribution in [0.1, 0.15) is 30.8 Å². The molecule has 3 aliphatic heterocycles. The number of alkyl halides is 1. The number of benzene rings is 1. The summed E-state index contributed by atoms with van der Waals surface area (Å²) in [6.45, 7) is 6.49. The van der Waals surface area contributed by atoms with Gasteiger partial charge in [0.2, 0.25) is 11.7 Å². The van der Waals surface area contributed by atoms with Gasteiger partial charge < -0.3 is 43.2 Å². The molecule has 5 atom stereocenters. The van der Waals surface area contributed by atoms with Gasteiger partial charge in [-0.15, -0.1) is 0 Å². The number of likely N-dealkylation sites (tertiary alicyclic amines) is 1. The number of hydrogen-bond acceptors (Lipinski definition) is 9. The quantitative estimate of drug-likeness (QED) is 0.425. The second-order valence-electron chi connectivity index (χ2n) is 11.5. The van der Waals surface area contributed by atoms with Crippen LogP contribution in [0.15, 0.2) is 28.7 Å². The summed E-state index contributed by atoms with van der Waals surface area (Å²) in [6, 6.07) is 5.25. The molecule has 0 bridgehead atoms. The largest absolute Gasteiger partial charge is 0.491 e. The maximum absolute atomic E-state index is 14.9. The molecule has 226 valence electrons. The van der Waals surface area contributed by atoms with Crippen molar-refractivity contribution in [3.63, 3.8) is 0 Å². The summed E-state index contributed by atoms with van der Waals surface area (Å²) in [4.78, 5) is 30.7. The first-order valence-electron chi connectivity index (χ1n) is 14.1. The molecule has 3 aliphatic rings. The van der Waals surface area contributed by atoms with E-state index in [9.17, 15) is 14.0 Å². The third kappa shape index (κ3) is 6.07. The van der Waals surface area contributed by atoms with Crippen molar-refractivity contribution < 1.29 is 42.1 Å². The number of morpholine rings is 1. The number of amides is 2. The van der Waals surface area contributed by atoms with E-state index >= 15 is 0 Å². The third-order valence-electron chi connectivity index (χ3n) is 8.08. The zero-order valence-corrected chi connectivity index (χ0v) is 24.3. The number of carbonyl (C=O) groups is 2. The van der Waals surface area contributed by atoms with E-state index in [0.717, 1.165) is 13.1 Å². The first-order valence-corrected chi connectivity index (χ1v) is 14.1. The van der Waals surface area contributed by atoms with Crippen molar-refractivity contribution in [1.82, 2.24) is 15.1 Å². The molecule has 0 saturated carbocycles. The lowest BCUT2D eigenvalue weighted by atomic mass is 10.0. The number of carbonyl (C=O) groups excluding carboxylic acids is 2. The summed E-state index contributed by atoms with van der Waals surface area (Å²) in [5.74, 6) is -1.48. The van der Waals surface area contributed by atoms with Gasteiger partial charge in [0.15, 0.2) is 5.76 Å². The first-order chi connectivity index (χ1) is 19.6. The van der Waals surface area contributed by atoms with Crippen LogP contribution in [-0.4, -0.2) is 119 Å². The van der Waals surface area contributed by atoms with Crippen LogP contribution in [0.3, 0.4) is 0 Å². The first kappa shape index (κ1) is 29.7. The van der Waals surface area contributed by atoms with E-state index in [2.05, 4.69) is 10.2 Å². The fraction of sp³-hybridized carbons (Fsp3) is 0.655. The smallest absolute Gasteiger partial charge is 0.287 e. The predicted molar refractivity (Wildman–Crippen MR) is 147 cm³/mol. The normalized spacial score (nSPS) is 26.9. The van der Waals surface area contributed by atoms with Crippen molar-refractivity contribution in [3.8, 4) is 5.75 Å². The number of rotatable bonds is 10. The highest BCUT2D eigenvalue weighted by molar-refractivity contribution is 5.99. The average molecular weight is 578 g/mol. The van der Waals surface area contributed by atoms with Crippen LogP contribution in [0, 0.1) is 5.92 Å². The average Bonchev–Trinajstić information content (AvgIpc) is 3.64. The Labute approximate surface area is 239 Å². The minimum atomic E-state index is -1.40. The van der Waals surface area contributed by atoms with E-state index in [4.69, 9.17) is 28.1 Å². The molecule has 11 nitrogen and oxygen atoms in total. The number of halogens is 1. The molecule has 0 aliphatic carbocycles. The molecule has 12 heteroatoms. The Hall–Kier alpha value is -2.77. The van der Waals surface area contributed by atoms with E-state index in [1.54, 1.807) is 24.3 Å².